The summed E-state index contributed by atoms with van der Waals surface area (Å²) in [5.74, 6) is -2.63. The lowest BCUT2D eigenvalue weighted by Crippen LogP contribution is -2.59. The van der Waals surface area contributed by atoms with E-state index in [0.29, 0.717) is 21.9 Å². The average Bonchev–Trinajstić information content (AvgIpc) is 2.66. The fourth-order valence-electron chi connectivity index (χ4n) is 3.78. The summed E-state index contributed by atoms with van der Waals surface area (Å²) in [6.45, 7) is 7.84. The number of rotatable bonds is 8. The standard InChI is InChI=1S/C21H29ClN2O5/c1-5-27-19(25)16-13(3)24-21(4,29-12-11-23)18(20(26)28-6-2)17(16)14-9-7-8-10-15(14)22/h7-10,17-18,24H,5-6,11-12,23H2,1-4H3/t17-,18-,21-/m0/s1. The predicted octanol–water partition coefficient (Wildman–Crippen LogP) is 2.73. The zero-order valence-corrected chi connectivity index (χ0v) is 18.0. The molecule has 0 fully saturated rings. The average molecular weight is 425 g/mol. The Morgan fingerprint density at radius 1 is 1.21 bits per heavy atom. The maximum Gasteiger partial charge on any atom is 0.336 e. The second-order valence-electron chi connectivity index (χ2n) is 6.86. The second kappa shape index (κ2) is 10.1. The number of carbonyl (C=O) groups is 2. The van der Waals surface area contributed by atoms with Crippen LogP contribution in [0.15, 0.2) is 35.5 Å². The fourth-order valence-corrected chi connectivity index (χ4v) is 4.03. The number of nitrogens with one attached hydrogen (secondary N) is 1. The predicted molar refractivity (Wildman–Crippen MR) is 110 cm³/mol. The van der Waals surface area contributed by atoms with Crippen molar-refractivity contribution in [2.75, 3.05) is 26.4 Å². The van der Waals surface area contributed by atoms with Gasteiger partial charge in [0.1, 0.15) is 11.6 Å². The largest absolute Gasteiger partial charge is 0.466 e. The number of carbonyl (C=O) groups excluding carboxylic acids is 2. The number of halogens is 1. The van der Waals surface area contributed by atoms with Gasteiger partial charge in [-0.2, -0.15) is 0 Å². The summed E-state index contributed by atoms with van der Waals surface area (Å²) in [4.78, 5) is 26.0. The Morgan fingerprint density at radius 2 is 1.86 bits per heavy atom. The Kier molecular flexibility index (Phi) is 8.07. The van der Waals surface area contributed by atoms with Crippen LogP contribution in [0.4, 0.5) is 0 Å². The molecule has 160 valence electrons. The molecule has 1 aliphatic heterocycles. The summed E-state index contributed by atoms with van der Waals surface area (Å²) in [6.07, 6.45) is 0. The molecule has 1 heterocycles. The summed E-state index contributed by atoms with van der Waals surface area (Å²) in [5, 5.41) is 3.62. The van der Waals surface area contributed by atoms with E-state index in [9.17, 15) is 9.59 Å². The molecule has 0 unspecified atom stereocenters. The molecule has 3 atom stereocenters. The summed E-state index contributed by atoms with van der Waals surface area (Å²) in [7, 11) is 0. The smallest absolute Gasteiger partial charge is 0.336 e. The lowest BCUT2D eigenvalue weighted by atomic mass is 9.72. The van der Waals surface area contributed by atoms with Gasteiger partial charge in [0.2, 0.25) is 0 Å². The van der Waals surface area contributed by atoms with Gasteiger partial charge in [-0.25, -0.2) is 4.79 Å². The zero-order chi connectivity index (χ0) is 21.6. The quantitative estimate of drug-likeness (QED) is 0.619. The highest BCUT2D eigenvalue weighted by atomic mass is 35.5. The molecule has 1 aromatic rings. The van der Waals surface area contributed by atoms with Gasteiger partial charge in [0.05, 0.1) is 25.4 Å². The molecular formula is C21H29ClN2O5. The van der Waals surface area contributed by atoms with Crippen molar-refractivity contribution >= 4 is 23.5 Å². The van der Waals surface area contributed by atoms with E-state index >= 15 is 0 Å². The second-order valence-corrected chi connectivity index (χ2v) is 7.26. The monoisotopic (exact) mass is 424 g/mol. The third-order valence-electron chi connectivity index (χ3n) is 4.87. The molecule has 0 aliphatic carbocycles. The van der Waals surface area contributed by atoms with Gasteiger partial charge in [0.25, 0.3) is 0 Å². The maximum atomic E-state index is 13.1. The van der Waals surface area contributed by atoms with Crippen LogP contribution < -0.4 is 11.1 Å². The molecule has 0 saturated heterocycles. The van der Waals surface area contributed by atoms with E-state index in [2.05, 4.69) is 5.32 Å². The van der Waals surface area contributed by atoms with E-state index in [1.807, 2.05) is 6.07 Å². The van der Waals surface area contributed by atoms with Crippen LogP contribution in [0, 0.1) is 5.92 Å². The SMILES string of the molecule is CCOC(=O)C1=C(C)N[C@@](C)(OCCN)[C@H](C(=O)OCC)[C@H]1c1ccccc1Cl. The van der Waals surface area contributed by atoms with Crippen LogP contribution in [-0.2, 0) is 23.8 Å². The highest BCUT2D eigenvalue weighted by molar-refractivity contribution is 6.31. The number of hydrogen-bond donors (Lipinski definition) is 2. The highest BCUT2D eigenvalue weighted by Gasteiger charge is 2.53. The van der Waals surface area contributed by atoms with Crippen molar-refractivity contribution in [1.82, 2.24) is 5.32 Å². The minimum Gasteiger partial charge on any atom is -0.466 e. The van der Waals surface area contributed by atoms with E-state index in [1.54, 1.807) is 45.9 Å². The molecule has 0 amide bonds. The maximum absolute atomic E-state index is 13.1. The van der Waals surface area contributed by atoms with Crippen molar-refractivity contribution in [1.29, 1.82) is 0 Å². The summed E-state index contributed by atoms with van der Waals surface area (Å²) < 4.78 is 16.6. The van der Waals surface area contributed by atoms with Crippen molar-refractivity contribution in [3.05, 3.63) is 46.1 Å². The third kappa shape index (κ3) is 4.91. The lowest BCUT2D eigenvalue weighted by molar-refractivity contribution is -0.169. The molecule has 3 N–H and O–H groups in total. The van der Waals surface area contributed by atoms with Crippen molar-refractivity contribution in [2.24, 2.45) is 11.7 Å². The normalized spacial score (nSPS) is 24.1. The van der Waals surface area contributed by atoms with E-state index in [1.165, 1.54) is 0 Å². The molecular weight excluding hydrogens is 396 g/mol. The highest BCUT2D eigenvalue weighted by Crippen LogP contribution is 2.46. The minimum atomic E-state index is -1.16. The van der Waals surface area contributed by atoms with Gasteiger partial charge in [0, 0.05) is 23.2 Å². The van der Waals surface area contributed by atoms with Crippen LogP contribution in [0.2, 0.25) is 5.02 Å². The Bertz CT molecular complexity index is 782. The van der Waals surface area contributed by atoms with Gasteiger partial charge >= 0.3 is 11.9 Å². The molecule has 1 aliphatic rings. The number of ether oxygens (including phenoxy) is 3. The molecule has 1 aromatic carbocycles. The van der Waals surface area contributed by atoms with E-state index in [-0.39, 0.29) is 26.4 Å². The molecule has 0 radical (unpaired) electrons. The molecule has 2 rings (SSSR count). The van der Waals surface area contributed by atoms with Gasteiger partial charge in [-0.3, -0.25) is 4.79 Å². The number of allylic oxidation sites excluding steroid dienone is 1. The van der Waals surface area contributed by atoms with Crippen LogP contribution >= 0.6 is 11.6 Å². The minimum absolute atomic E-state index is 0.189. The van der Waals surface area contributed by atoms with Crippen LogP contribution in [0.25, 0.3) is 0 Å². The molecule has 0 aromatic heterocycles. The van der Waals surface area contributed by atoms with Gasteiger partial charge in [-0.15, -0.1) is 0 Å². The van der Waals surface area contributed by atoms with Crippen molar-refractivity contribution < 1.29 is 23.8 Å². The molecule has 7 nitrogen and oxygen atoms in total. The molecule has 0 saturated carbocycles. The topological polar surface area (TPSA) is 99.9 Å². The number of benzene rings is 1. The van der Waals surface area contributed by atoms with Crippen molar-refractivity contribution in [3.63, 3.8) is 0 Å². The van der Waals surface area contributed by atoms with Crippen LogP contribution in [0.5, 0.6) is 0 Å². The first-order chi connectivity index (χ1) is 13.8. The summed E-state index contributed by atoms with van der Waals surface area (Å²) >= 11 is 6.49. The van der Waals surface area contributed by atoms with E-state index in [4.69, 9.17) is 31.5 Å². The first kappa shape index (κ1) is 23.2. The summed E-state index contributed by atoms with van der Waals surface area (Å²) in [5.41, 5.74) is 5.97. The number of hydrogen-bond acceptors (Lipinski definition) is 7. The Morgan fingerprint density at radius 3 is 2.45 bits per heavy atom. The van der Waals surface area contributed by atoms with Gasteiger partial charge in [-0.05, 0) is 39.3 Å². The third-order valence-corrected chi connectivity index (χ3v) is 5.22. The first-order valence-electron chi connectivity index (χ1n) is 9.71. The lowest BCUT2D eigenvalue weighted by Gasteiger charge is -2.46. The van der Waals surface area contributed by atoms with Crippen molar-refractivity contribution in [2.45, 2.75) is 39.3 Å². The molecule has 29 heavy (non-hydrogen) atoms. The van der Waals surface area contributed by atoms with Crippen LogP contribution in [-0.4, -0.2) is 44.0 Å². The Balaban J connectivity index is 2.73. The van der Waals surface area contributed by atoms with E-state index in [0.717, 1.165) is 0 Å². The van der Waals surface area contributed by atoms with Crippen LogP contribution in [0.3, 0.4) is 0 Å². The van der Waals surface area contributed by atoms with Gasteiger partial charge in [0.15, 0.2) is 0 Å². The zero-order valence-electron chi connectivity index (χ0n) is 17.3. The van der Waals surface area contributed by atoms with Gasteiger partial charge in [-0.1, -0.05) is 29.8 Å². The Hall–Kier alpha value is -2.09. The van der Waals surface area contributed by atoms with Crippen LogP contribution in [0.1, 0.15) is 39.2 Å². The fraction of sp³-hybridized carbons (Fsp3) is 0.524. The Labute approximate surface area is 176 Å². The molecule has 0 spiro atoms. The number of esters is 2. The van der Waals surface area contributed by atoms with E-state index < -0.39 is 29.5 Å². The molecule has 8 heteroatoms. The van der Waals surface area contributed by atoms with Crippen molar-refractivity contribution in [3.8, 4) is 0 Å². The van der Waals surface area contributed by atoms with Gasteiger partial charge < -0.3 is 25.3 Å². The first-order valence-corrected chi connectivity index (χ1v) is 10.1. The number of nitrogens with two attached hydrogens (primary N) is 1. The summed E-state index contributed by atoms with van der Waals surface area (Å²) in [6, 6.07) is 7.11. The molecule has 0 bridgehead atoms.